The fourth-order valence-electron chi connectivity index (χ4n) is 4.96. The van der Waals surface area contributed by atoms with Crippen LogP contribution in [-0.4, -0.2) is 67.8 Å². The molecule has 2 aliphatic heterocycles. The average molecular weight is 586 g/mol. The van der Waals surface area contributed by atoms with Crippen LogP contribution >= 0.6 is 0 Å². The van der Waals surface area contributed by atoms with Crippen molar-refractivity contribution in [3.05, 3.63) is 64.7 Å². The molecule has 2 amide bonds. The van der Waals surface area contributed by atoms with Gasteiger partial charge in [0.1, 0.15) is 11.9 Å². The number of carboxylic acids is 1. The van der Waals surface area contributed by atoms with Crippen molar-refractivity contribution < 1.29 is 46.2 Å². The highest BCUT2D eigenvalue weighted by Gasteiger charge is 2.41. The summed E-state index contributed by atoms with van der Waals surface area (Å²) in [7, 11) is 1.53. The van der Waals surface area contributed by atoms with Gasteiger partial charge in [-0.1, -0.05) is 30.3 Å². The molecule has 1 unspecified atom stereocenters. The van der Waals surface area contributed by atoms with Crippen LogP contribution in [0.5, 0.6) is 5.75 Å². The monoisotopic (exact) mass is 585 g/mol. The molecular formula is C28H32F5N3O5. The third-order valence-corrected chi connectivity index (χ3v) is 7.00. The molecule has 0 radical (unpaired) electrons. The number of alkyl halides is 5. The van der Waals surface area contributed by atoms with Gasteiger partial charge in [-0.05, 0) is 50.4 Å². The number of piperidine rings is 1. The van der Waals surface area contributed by atoms with Gasteiger partial charge in [-0.3, -0.25) is 9.59 Å². The Bertz CT molecular complexity index is 1240. The second-order valence-electron chi connectivity index (χ2n) is 9.86. The number of carbonyl (C=O) groups is 3. The highest BCUT2D eigenvalue weighted by molar-refractivity contribution is 6.02. The van der Waals surface area contributed by atoms with Gasteiger partial charge in [0.2, 0.25) is 0 Å². The first-order valence-electron chi connectivity index (χ1n) is 13.0. The molecule has 2 heterocycles. The van der Waals surface area contributed by atoms with Gasteiger partial charge in [0, 0.05) is 36.6 Å². The molecule has 0 saturated carbocycles. The van der Waals surface area contributed by atoms with E-state index >= 15 is 0 Å². The third kappa shape index (κ3) is 7.93. The largest absolute Gasteiger partial charge is 0.490 e. The quantitative estimate of drug-likeness (QED) is 0.284. The van der Waals surface area contributed by atoms with E-state index in [1.54, 1.807) is 6.07 Å². The summed E-state index contributed by atoms with van der Waals surface area (Å²) < 4.78 is 65.8. The lowest BCUT2D eigenvalue weighted by molar-refractivity contribution is -0.192. The molecule has 41 heavy (non-hydrogen) atoms. The molecule has 224 valence electrons. The molecule has 2 aromatic rings. The number of rotatable bonds is 7. The van der Waals surface area contributed by atoms with Gasteiger partial charge in [-0.2, -0.15) is 13.2 Å². The van der Waals surface area contributed by atoms with E-state index in [0.717, 1.165) is 11.1 Å². The molecule has 3 atom stereocenters. The first-order chi connectivity index (χ1) is 19.3. The summed E-state index contributed by atoms with van der Waals surface area (Å²) in [5, 5.41) is 15.3. The van der Waals surface area contributed by atoms with Crippen molar-refractivity contribution in [1.29, 1.82) is 0 Å². The maximum Gasteiger partial charge on any atom is 0.490 e. The number of carbonyl (C=O) groups excluding carboxylic acids is 2. The van der Waals surface area contributed by atoms with Crippen molar-refractivity contribution in [2.75, 3.05) is 26.7 Å². The van der Waals surface area contributed by atoms with Gasteiger partial charge in [-0.25, -0.2) is 13.6 Å². The first-order valence-corrected chi connectivity index (χ1v) is 13.0. The summed E-state index contributed by atoms with van der Waals surface area (Å²) in [5.74, 6) is -6.44. The van der Waals surface area contributed by atoms with Crippen molar-refractivity contribution in [1.82, 2.24) is 16.0 Å². The predicted octanol–water partition coefficient (Wildman–Crippen LogP) is 4.35. The van der Waals surface area contributed by atoms with Gasteiger partial charge >= 0.3 is 12.1 Å². The lowest BCUT2D eigenvalue weighted by Crippen LogP contribution is -2.46. The fourth-order valence-corrected chi connectivity index (χ4v) is 4.96. The number of benzene rings is 2. The maximum absolute atomic E-state index is 14.0. The van der Waals surface area contributed by atoms with Crippen LogP contribution in [0.4, 0.5) is 22.0 Å². The number of nitrogens with one attached hydrogen (secondary N) is 3. The zero-order chi connectivity index (χ0) is 30.4. The van der Waals surface area contributed by atoms with Gasteiger partial charge in [-0.15, -0.1) is 0 Å². The van der Waals surface area contributed by atoms with Crippen LogP contribution in [0.25, 0.3) is 0 Å². The van der Waals surface area contributed by atoms with Crippen LogP contribution in [0, 0.1) is 5.92 Å². The Labute approximate surface area is 233 Å². The second-order valence-corrected chi connectivity index (χ2v) is 9.86. The van der Waals surface area contributed by atoms with E-state index in [2.05, 4.69) is 16.0 Å². The highest BCUT2D eigenvalue weighted by atomic mass is 19.4. The SMILES string of the molecule is CNC(=O)c1cc(C(=O)NCCCC2CCNCC2(F)F)cc2c1O[C@@H](C)[C@@H]2c1ccccc1.O=C(O)C(F)(F)F. The smallest absolute Gasteiger partial charge is 0.489 e. The standard InChI is InChI=1S/C26H31F2N3O3.C2HF3O2/c1-16-22(17-7-4-3-5-8-17)20-13-18(14-21(23(20)34-16)25(33)29-2)24(32)31-11-6-9-19-10-12-30-15-26(19,27)28;3-2(4,5)1(6)7/h3-5,7-8,13-14,16,19,22,30H,6,9-12,15H2,1-2H3,(H,29,33)(H,31,32);(H,6,7)/t16-,19?,22+;/m0./s1. The normalized spacial score (nSPS) is 21.0. The minimum Gasteiger partial charge on any atom is -0.489 e. The van der Waals surface area contributed by atoms with Crippen molar-refractivity contribution >= 4 is 17.8 Å². The van der Waals surface area contributed by atoms with Crippen LogP contribution in [0.15, 0.2) is 42.5 Å². The van der Waals surface area contributed by atoms with Crippen LogP contribution in [0.3, 0.4) is 0 Å². The number of fused-ring (bicyclic) bond motifs is 1. The molecular weight excluding hydrogens is 553 g/mol. The molecule has 1 saturated heterocycles. The minimum atomic E-state index is -5.08. The number of hydrogen-bond acceptors (Lipinski definition) is 5. The Morgan fingerprint density at radius 1 is 1.12 bits per heavy atom. The van der Waals surface area contributed by atoms with E-state index in [-0.39, 0.29) is 30.4 Å². The third-order valence-electron chi connectivity index (χ3n) is 7.00. The summed E-state index contributed by atoms with van der Waals surface area (Å²) in [4.78, 5) is 34.5. The number of ether oxygens (including phenoxy) is 1. The summed E-state index contributed by atoms with van der Waals surface area (Å²) in [6, 6.07) is 13.1. The fraction of sp³-hybridized carbons (Fsp3) is 0.464. The zero-order valence-electron chi connectivity index (χ0n) is 22.5. The van der Waals surface area contributed by atoms with Crippen molar-refractivity contribution in [2.45, 2.75) is 50.3 Å². The highest BCUT2D eigenvalue weighted by Crippen LogP contribution is 2.45. The number of hydrogen-bond donors (Lipinski definition) is 4. The molecule has 4 rings (SSSR count). The Kier molecular flexibility index (Phi) is 10.3. The Morgan fingerprint density at radius 3 is 2.37 bits per heavy atom. The summed E-state index contributed by atoms with van der Waals surface area (Å²) in [5.41, 5.74) is 2.49. The van der Waals surface area contributed by atoms with Gasteiger partial charge in [0.15, 0.2) is 0 Å². The van der Waals surface area contributed by atoms with E-state index in [0.29, 0.717) is 49.2 Å². The Hall–Kier alpha value is -3.74. The molecule has 2 aromatic carbocycles. The van der Waals surface area contributed by atoms with E-state index in [9.17, 15) is 31.5 Å². The molecule has 8 nitrogen and oxygen atoms in total. The summed E-state index contributed by atoms with van der Waals surface area (Å²) in [6.07, 6.45) is -4.04. The minimum absolute atomic E-state index is 0.116. The average Bonchev–Trinajstić information content (AvgIpc) is 3.26. The van der Waals surface area contributed by atoms with E-state index in [4.69, 9.17) is 14.6 Å². The van der Waals surface area contributed by atoms with E-state index < -0.39 is 24.0 Å². The zero-order valence-corrected chi connectivity index (χ0v) is 22.5. The van der Waals surface area contributed by atoms with Crippen molar-refractivity contribution in [3.8, 4) is 5.75 Å². The maximum atomic E-state index is 14.0. The lowest BCUT2D eigenvalue weighted by atomic mass is 9.87. The number of amides is 2. The summed E-state index contributed by atoms with van der Waals surface area (Å²) >= 11 is 0. The second kappa shape index (κ2) is 13.3. The lowest BCUT2D eigenvalue weighted by Gasteiger charge is -2.31. The van der Waals surface area contributed by atoms with Crippen LogP contribution in [0.1, 0.15) is 63.9 Å². The van der Waals surface area contributed by atoms with Crippen LogP contribution in [0.2, 0.25) is 0 Å². The molecule has 4 N–H and O–H groups in total. The number of halogens is 5. The predicted molar refractivity (Wildman–Crippen MR) is 139 cm³/mol. The van der Waals surface area contributed by atoms with Crippen molar-refractivity contribution in [3.63, 3.8) is 0 Å². The summed E-state index contributed by atoms with van der Waals surface area (Å²) in [6.45, 7) is 2.54. The van der Waals surface area contributed by atoms with E-state index in [1.807, 2.05) is 37.3 Å². The topological polar surface area (TPSA) is 117 Å². The number of carboxylic acid groups (broad SMARTS) is 1. The van der Waals surface area contributed by atoms with Gasteiger partial charge in [0.25, 0.3) is 17.7 Å². The Balaban J connectivity index is 0.000000587. The van der Waals surface area contributed by atoms with Gasteiger partial charge < -0.3 is 25.8 Å². The molecule has 2 aliphatic rings. The van der Waals surface area contributed by atoms with Crippen LogP contribution < -0.4 is 20.7 Å². The number of aliphatic carboxylic acids is 1. The van der Waals surface area contributed by atoms with Crippen molar-refractivity contribution in [2.24, 2.45) is 5.92 Å². The molecule has 0 aliphatic carbocycles. The van der Waals surface area contributed by atoms with Crippen LogP contribution in [-0.2, 0) is 4.79 Å². The molecule has 0 aromatic heterocycles. The molecule has 13 heteroatoms. The van der Waals surface area contributed by atoms with Gasteiger partial charge in [0.05, 0.1) is 12.1 Å². The molecule has 0 spiro atoms. The Morgan fingerprint density at radius 2 is 1.78 bits per heavy atom. The first kappa shape index (κ1) is 31.8. The molecule has 1 fully saturated rings. The molecule has 0 bridgehead atoms. The van der Waals surface area contributed by atoms with E-state index in [1.165, 1.54) is 13.1 Å².